The van der Waals surface area contributed by atoms with Gasteiger partial charge in [0.2, 0.25) is 0 Å². The first-order valence-electron chi connectivity index (χ1n) is 8.70. The molecule has 4 heteroatoms. The van der Waals surface area contributed by atoms with Crippen LogP contribution < -0.4 is 0 Å². The number of benzene rings is 1. The predicted octanol–water partition coefficient (Wildman–Crippen LogP) is 4.33. The first-order chi connectivity index (χ1) is 11.3. The van der Waals surface area contributed by atoms with Crippen molar-refractivity contribution >= 4 is 22.6 Å². The van der Waals surface area contributed by atoms with Crippen LogP contribution in [0, 0.1) is 5.92 Å². The highest BCUT2D eigenvalue weighted by Crippen LogP contribution is 2.30. The Morgan fingerprint density at radius 1 is 1.09 bits per heavy atom. The van der Waals surface area contributed by atoms with Gasteiger partial charge < -0.3 is 9.82 Å². The minimum absolute atomic E-state index is 0.0409. The molecule has 2 aliphatic rings. The zero-order valence-corrected chi connectivity index (χ0v) is 13.3. The molecule has 0 unspecified atom stereocenters. The van der Waals surface area contributed by atoms with E-state index in [0.717, 1.165) is 61.7 Å². The van der Waals surface area contributed by atoms with Gasteiger partial charge in [0.25, 0.3) is 0 Å². The van der Waals surface area contributed by atoms with Crippen molar-refractivity contribution < 1.29 is 9.63 Å². The van der Waals surface area contributed by atoms with Crippen molar-refractivity contribution in [3.05, 3.63) is 35.5 Å². The normalized spacial score (nSPS) is 20.6. The number of hydrogen-bond acceptors (Lipinski definition) is 3. The molecule has 0 atom stereocenters. The summed E-state index contributed by atoms with van der Waals surface area (Å²) in [4.78, 5) is 21.0. The van der Waals surface area contributed by atoms with E-state index in [-0.39, 0.29) is 11.9 Å². The molecule has 0 radical (unpaired) electrons. The summed E-state index contributed by atoms with van der Waals surface area (Å²) in [6.07, 6.45) is 8.32. The van der Waals surface area contributed by atoms with E-state index in [4.69, 9.17) is 4.84 Å². The average Bonchev–Trinajstić information content (AvgIpc) is 2.99. The third-order valence-electron chi connectivity index (χ3n) is 5.10. The van der Waals surface area contributed by atoms with Gasteiger partial charge in [0.05, 0.1) is 11.6 Å². The van der Waals surface area contributed by atoms with Gasteiger partial charge in [-0.1, -0.05) is 42.6 Å². The summed E-state index contributed by atoms with van der Waals surface area (Å²) in [5.41, 5.74) is 4.40. The van der Waals surface area contributed by atoms with Crippen LogP contribution in [0.5, 0.6) is 0 Å². The van der Waals surface area contributed by atoms with Gasteiger partial charge in [0.1, 0.15) is 0 Å². The van der Waals surface area contributed by atoms with Crippen LogP contribution in [-0.4, -0.2) is 16.7 Å². The Bertz CT molecular complexity index is 754. The molecule has 2 aliphatic carbocycles. The number of rotatable bonds is 2. The summed E-state index contributed by atoms with van der Waals surface area (Å²) < 4.78 is 0. The summed E-state index contributed by atoms with van der Waals surface area (Å²) in [5.74, 6) is -0.108. The maximum absolute atomic E-state index is 12.2. The van der Waals surface area contributed by atoms with Gasteiger partial charge in [-0.15, -0.1) is 0 Å². The van der Waals surface area contributed by atoms with Crippen molar-refractivity contribution in [3.63, 3.8) is 0 Å². The minimum atomic E-state index is -0.149. The Kier molecular flexibility index (Phi) is 3.90. The molecule has 23 heavy (non-hydrogen) atoms. The molecular weight excluding hydrogens is 288 g/mol. The first-order valence-corrected chi connectivity index (χ1v) is 8.70. The summed E-state index contributed by atoms with van der Waals surface area (Å²) >= 11 is 0. The Morgan fingerprint density at radius 2 is 1.91 bits per heavy atom. The summed E-state index contributed by atoms with van der Waals surface area (Å²) in [5, 5.41) is 5.44. The van der Waals surface area contributed by atoms with Gasteiger partial charge in [0, 0.05) is 22.2 Å². The molecule has 1 saturated carbocycles. The molecule has 1 fully saturated rings. The van der Waals surface area contributed by atoms with Gasteiger partial charge in [0.15, 0.2) is 0 Å². The molecule has 2 aromatic rings. The lowest BCUT2D eigenvalue weighted by molar-refractivity contribution is -0.149. The Labute approximate surface area is 135 Å². The van der Waals surface area contributed by atoms with E-state index in [2.05, 4.69) is 22.3 Å². The van der Waals surface area contributed by atoms with Crippen molar-refractivity contribution in [3.8, 4) is 0 Å². The van der Waals surface area contributed by atoms with Crippen LogP contribution in [0.1, 0.15) is 56.2 Å². The molecule has 120 valence electrons. The second-order valence-electron chi connectivity index (χ2n) is 6.66. The number of carbonyl (C=O) groups excluding carboxylic acids is 1. The number of aryl methyl sites for hydroxylation is 1. The Morgan fingerprint density at radius 3 is 2.78 bits per heavy atom. The second kappa shape index (κ2) is 6.19. The fourth-order valence-corrected chi connectivity index (χ4v) is 3.88. The number of fused-ring (bicyclic) bond motifs is 3. The van der Waals surface area contributed by atoms with Crippen molar-refractivity contribution in [2.75, 3.05) is 0 Å². The number of nitrogens with zero attached hydrogens (tertiary/aromatic N) is 1. The third-order valence-corrected chi connectivity index (χ3v) is 5.10. The zero-order valence-electron chi connectivity index (χ0n) is 13.3. The van der Waals surface area contributed by atoms with Crippen LogP contribution in [0.4, 0.5) is 0 Å². The lowest BCUT2D eigenvalue weighted by atomic mass is 9.89. The van der Waals surface area contributed by atoms with E-state index >= 15 is 0 Å². The number of para-hydroxylation sites is 1. The number of aromatic amines is 1. The van der Waals surface area contributed by atoms with E-state index in [0.29, 0.717) is 0 Å². The van der Waals surface area contributed by atoms with Gasteiger partial charge in [-0.2, -0.15) is 0 Å². The van der Waals surface area contributed by atoms with Crippen molar-refractivity contribution in [1.29, 1.82) is 0 Å². The number of hydrogen-bond donors (Lipinski definition) is 1. The summed E-state index contributed by atoms with van der Waals surface area (Å²) in [6, 6.07) is 8.26. The van der Waals surface area contributed by atoms with E-state index in [9.17, 15) is 4.79 Å². The summed E-state index contributed by atoms with van der Waals surface area (Å²) in [7, 11) is 0. The van der Waals surface area contributed by atoms with Crippen molar-refractivity contribution in [2.24, 2.45) is 11.1 Å². The fraction of sp³-hybridized carbons (Fsp3) is 0.474. The molecule has 1 aromatic heterocycles. The maximum atomic E-state index is 12.2. The number of H-pyrrole nitrogens is 1. The van der Waals surface area contributed by atoms with E-state index < -0.39 is 0 Å². The molecule has 0 saturated heterocycles. The summed E-state index contributed by atoms with van der Waals surface area (Å²) in [6.45, 7) is 0. The lowest BCUT2D eigenvalue weighted by Gasteiger charge is -2.19. The lowest BCUT2D eigenvalue weighted by Crippen LogP contribution is -2.20. The second-order valence-corrected chi connectivity index (χ2v) is 6.66. The van der Waals surface area contributed by atoms with Gasteiger partial charge in [-0.25, -0.2) is 4.79 Å². The van der Waals surface area contributed by atoms with Crippen LogP contribution in [0.25, 0.3) is 10.9 Å². The van der Waals surface area contributed by atoms with E-state index in [1.54, 1.807) is 0 Å². The standard InChI is InChI=1S/C19H22N2O2/c22-19(13-7-2-1-3-8-13)23-21-17-12-6-11-16-18(17)14-9-4-5-10-15(14)20-16/h4-5,9-10,13,20H,1-3,6-8,11-12H2. The molecule has 1 N–H and O–H groups in total. The average molecular weight is 310 g/mol. The minimum Gasteiger partial charge on any atom is -0.358 e. The quantitative estimate of drug-likeness (QED) is 0.663. The van der Waals surface area contributed by atoms with Crippen LogP contribution >= 0.6 is 0 Å². The number of aromatic nitrogens is 1. The number of nitrogens with one attached hydrogen (secondary N) is 1. The van der Waals surface area contributed by atoms with Gasteiger partial charge in [-0.3, -0.25) is 0 Å². The highest BCUT2D eigenvalue weighted by molar-refractivity contribution is 6.12. The molecule has 0 amide bonds. The largest absolute Gasteiger partial charge is 0.358 e. The number of carbonyl (C=O) groups is 1. The molecule has 0 bridgehead atoms. The molecule has 4 nitrogen and oxygen atoms in total. The topological polar surface area (TPSA) is 54.4 Å². The molecule has 1 heterocycles. The Hall–Kier alpha value is -2.10. The van der Waals surface area contributed by atoms with E-state index in [1.165, 1.54) is 17.5 Å². The van der Waals surface area contributed by atoms with Crippen LogP contribution in [0.2, 0.25) is 0 Å². The van der Waals surface area contributed by atoms with Crippen molar-refractivity contribution in [2.45, 2.75) is 51.4 Å². The SMILES string of the molecule is O=C(ON=C1CCCc2[nH]c3ccccc3c21)C1CCCCC1. The monoisotopic (exact) mass is 310 g/mol. The molecule has 4 rings (SSSR count). The highest BCUT2D eigenvalue weighted by Gasteiger charge is 2.25. The maximum Gasteiger partial charge on any atom is 0.338 e. The van der Waals surface area contributed by atoms with Crippen molar-refractivity contribution in [1.82, 2.24) is 4.98 Å². The molecule has 0 spiro atoms. The van der Waals surface area contributed by atoms with Gasteiger partial charge in [-0.05, 0) is 38.2 Å². The smallest absolute Gasteiger partial charge is 0.338 e. The number of oxime groups is 1. The van der Waals surface area contributed by atoms with Crippen LogP contribution in [0.3, 0.4) is 0 Å². The molecule has 0 aliphatic heterocycles. The van der Waals surface area contributed by atoms with Gasteiger partial charge >= 0.3 is 5.97 Å². The first kappa shape index (κ1) is 14.5. The predicted molar refractivity (Wildman–Crippen MR) is 90.4 cm³/mol. The molecular formula is C19H22N2O2. The fourth-order valence-electron chi connectivity index (χ4n) is 3.88. The third kappa shape index (κ3) is 2.78. The highest BCUT2D eigenvalue weighted by atomic mass is 16.7. The zero-order chi connectivity index (χ0) is 15.6. The van der Waals surface area contributed by atoms with Crippen LogP contribution in [0.15, 0.2) is 29.4 Å². The molecule has 1 aromatic carbocycles. The van der Waals surface area contributed by atoms with E-state index in [1.807, 2.05) is 12.1 Å². The Balaban J connectivity index is 1.59. The van der Waals surface area contributed by atoms with Crippen LogP contribution in [-0.2, 0) is 16.1 Å².